The summed E-state index contributed by atoms with van der Waals surface area (Å²) in [4.78, 5) is 18.7. The maximum atomic E-state index is 12.6. The molecule has 0 aliphatic carbocycles. The number of hydrogen-bond acceptors (Lipinski definition) is 4. The predicted octanol–water partition coefficient (Wildman–Crippen LogP) is 3.26. The molecule has 1 unspecified atom stereocenters. The van der Waals surface area contributed by atoms with E-state index in [1.807, 2.05) is 43.3 Å². The third kappa shape index (κ3) is 5.04. The van der Waals surface area contributed by atoms with Gasteiger partial charge < -0.3 is 10.2 Å². The zero-order valence-electron chi connectivity index (χ0n) is 15.5. The highest BCUT2D eigenvalue weighted by Crippen LogP contribution is 2.25. The summed E-state index contributed by atoms with van der Waals surface area (Å²) in [5.74, 6) is 0.00420. The predicted molar refractivity (Wildman–Crippen MR) is 109 cm³/mol. The fourth-order valence-electron chi connectivity index (χ4n) is 3.22. The summed E-state index contributed by atoms with van der Waals surface area (Å²) in [6, 6.07) is 14.5. The molecule has 1 aromatic carbocycles. The Morgan fingerprint density at radius 1 is 1.15 bits per heavy atom. The smallest absolute Gasteiger partial charge is 0.247 e. The molecule has 3 rings (SSSR count). The largest absolute Gasteiger partial charge is 0.350 e. The monoisotopic (exact) mass is 369 g/mol. The van der Waals surface area contributed by atoms with Gasteiger partial charge in [0.05, 0.1) is 6.04 Å². The van der Waals surface area contributed by atoms with Gasteiger partial charge in [-0.05, 0) is 37.1 Å². The maximum Gasteiger partial charge on any atom is 0.247 e. The highest BCUT2D eigenvalue weighted by molar-refractivity contribution is 7.10. The summed E-state index contributed by atoms with van der Waals surface area (Å²) in [5, 5.41) is 5.26. The lowest BCUT2D eigenvalue weighted by atomic mass is 10.1. The molecule has 2 heterocycles. The third-order valence-corrected chi connectivity index (χ3v) is 5.82. The second-order valence-corrected chi connectivity index (χ2v) is 7.80. The van der Waals surface area contributed by atoms with Gasteiger partial charge in [0.1, 0.15) is 0 Å². The minimum Gasteiger partial charge on any atom is -0.350 e. The molecule has 1 aromatic heterocycles. The molecule has 2 aromatic rings. The van der Waals surface area contributed by atoms with Gasteiger partial charge in [-0.3, -0.25) is 9.69 Å². The van der Waals surface area contributed by atoms with Crippen molar-refractivity contribution in [2.45, 2.75) is 13.0 Å². The molecule has 1 aliphatic rings. The number of nitrogens with zero attached hydrogens (tertiary/aromatic N) is 2. The number of carbonyl (C=O) groups is 1. The summed E-state index contributed by atoms with van der Waals surface area (Å²) in [6.07, 6.45) is 1.94. The molecule has 1 saturated heterocycles. The summed E-state index contributed by atoms with van der Waals surface area (Å²) in [6.45, 7) is 6.73. The van der Waals surface area contributed by atoms with Crippen molar-refractivity contribution in [3.8, 4) is 0 Å². The average Bonchev–Trinajstić information content (AvgIpc) is 3.18. The molecule has 0 saturated carbocycles. The Morgan fingerprint density at radius 3 is 2.54 bits per heavy atom. The van der Waals surface area contributed by atoms with E-state index < -0.39 is 0 Å². The van der Waals surface area contributed by atoms with E-state index >= 15 is 0 Å². The van der Waals surface area contributed by atoms with E-state index in [-0.39, 0.29) is 11.9 Å². The fraction of sp³-hybridized carbons (Fsp3) is 0.381. The van der Waals surface area contributed by atoms with Gasteiger partial charge in [0, 0.05) is 43.2 Å². The number of nitrogens with one attached hydrogen (secondary N) is 1. The Morgan fingerprint density at radius 2 is 1.88 bits per heavy atom. The van der Waals surface area contributed by atoms with Gasteiger partial charge in [-0.15, -0.1) is 11.3 Å². The van der Waals surface area contributed by atoms with Gasteiger partial charge >= 0.3 is 0 Å². The summed E-state index contributed by atoms with van der Waals surface area (Å²) in [5.41, 5.74) is 1.79. The van der Waals surface area contributed by atoms with Crippen molar-refractivity contribution in [2.75, 3.05) is 39.8 Å². The van der Waals surface area contributed by atoms with Crippen molar-refractivity contribution in [1.29, 1.82) is 0 Å². The van der Waals surface area contributed by atoms with Crippen molar-refractivity contribution < 1.29 is 4.79 Å². The van der Waals surface area contributed by atoms with Crippen LogP contribution in [0.3, 0.4) is 0 Å². The van der Waals surface area contributed by atoms with Crippen LogP contribution in [-0.2, 0) is 4.79 Å². The molecule has 1 amide bonds. The van der Waals surface area contributed by atoms with Gasteiger partial charge in [0.15, 0.2) is 0 Å². The molecule has 26 heavy (non-hydrogen) atoms. The molecule has 1 fully saturated rings. The first-order valence-corrected chi connectivity index (χ1v) is 9.99. The van der Waals surface area contributed by atoms with Crippen LogP contribution in [0.25, 0.3) is 6.08 Å². The number of thiophene rings is 1. The quantitative estimate of drug-likeness (QED) is 0.794. The van der Waals surface area contributed by atoms with Crippen LogP contribution in [0, 0.1) is 0 Å². The molecule has 0 radical (unpaired) electrons. The molecule has 0 bridgehead atoms. The van der Waals surface area contributed by atoms with Crippen molar-refractivity contribution in [3.05, 3.63) is 63.9 Å². The molecular weight excluding hydrogens is 342 g/mol. The molecule has 4 nitrogen and oxygen atoms in total. The van der Waals surface area contributed by atoms with Crippen LogP contribution in [0.1, 0.15) is 23.4 Å². The van der Waals surface area contributed by atoms with Crippen LogP contribution in [-0.4, -0.2) is 55.5 Å². The topological polar surface area (TPSA) is 35.6 Å². The number of carbonyl (C=O) groups excluding carboxylic acids is 1. The summed E-state index contributed by atoms with van der Waals surface area (Å²) >= 11 is 1.77. The van der Waals surface area contributed by atoms with Crippen LogP contribution in [0.4, 0.5) is 0 Å². The van der Waals surface area contributed by atoms with Crippen LogP contribution >= 0.6 is 11.3 Å². The van der Waals surface area contributed by atoms with E-state index in [1.54, 1.807) is 11.3 Å². The second-order valence-electron chi connectivity index (χ2n) is 6.82. The van der Waals surface area contributed by atoms with Crippen molar-refractivity contribution >= 4 is 23.3 Å². The first-order valence-electron chi connectivity index (χ1n) is 9.11. The number of rotatable bonds is 6. The number of likely N-dealkylation sites (N-methyl/N-ethyl adjacent to an activating group) is 1. The molecular formula is C21H27N3OS. The first kappa shape index (κ1) is 18.8. The standard InChI is InChI=1S/C21H27N3OS/c1-17(15-18-7-4-3-5-8-18)21(25)22-16-19(20-9-6-14-26-20)24-12-10-23(2)11-13-24/h3-9,14-15,19H,10-13,16H2,1-2H3,(H,22,25)/b17-15+. The molecule has 0 spiro atoms. The van der Waals surface area contributed by atoms with Crippen LogP contribution in [0.5, 0.6) is 0 Å². The number of hydrogen-bond donors (Lipinski definition) is 1. The Balaban J connectivity index is 1.64. The summed E-state index contributed by atoms with van der Waals surface area (Å²) < 4.78 is 0. The average molecular weight is 370 g/mol. The van der Waals surface area contributed by atoms with Crippen LogP contribution < -0.4 is 5.32 Å². The molecule has 1 aliphatic heterocycles. The van der Waals surface area contributed by atoms with Crippen molar-refractivity contribution in [2.24, 2.45) is 0 Å². The normalized spacial score (nSPS) is 17.8. The number of piperazine rings is 1. The van der Waals surface area contributed by atoms with Gasteiger partial charge in [-0.2, -0.15) is 0 Å². The zero-order valence-corrected chi connectivity index (χ0v) is 16.3. The van der Waals surface area contributed by atoms with E-state index in [2.05, 4.69) is 39.7 Å². The fourth-order valence-corrected chi connectivity index (χ4v) is 4.08. The van der Waals surface area contributed by atoms with Gasteiger partial charge in [-0.1, -0.05) is 36.4 Å². The maximum absolute atomic E-state index is 12.6. The van der Waals surface area contributed by atoms with Crippen LogP contribution in [0.15, 0.2) is 53.4 Å². The molecule has 1 N–H and O–H groups in total. The van der Waals surface area contributed by atoms with Gasteiger partial charge in [0.2, 0.25) is 5.91 Å². The third-order valence-electron chi connectivity index (χ3n) is 4.85. The highest BCUT2D eigenvalue weighted by atomic mass is 32.1. The van der Waals surface area contributed by atoms with Gasteiger partial charge in [-0.25, -0.2) is 0 Å². The Hall–Kier alpha value is -1.95. The van der Waals surface area contributed by atoms with E-state index in [4.69, 9.17) is 0 Å². The minimum atomic E-state index is 0.00420. The molecule has 1 atom stereocenters. The SMILES string of the molecule is C/C(=C\c1ccccc1)C(=O)NCC(c1cccs1)N1CCN(C)CC1. The Bertz CT molecular complexity index is 719. The van der Waals surface area contributed by atoms with E-state index in [1.165, 1.54) is 4.88 Å². The second kappa shape index (κ2) is 9.12. The van der Waals surface area contributed by atoms with E-state index in [0.29, 0.717) is 6.54 Å². The molecule has 5 heteroatoms. The first-order chi connectivity index (χ1) is 12.6. The van der Waals surface area contributed by atoms with Crippen LogP contribution in [0.2, 0.25) is 0 Å². The molecule has 138 valence electrons. The Kier molecular flexibility index (Phi) is 6.61. The number of amides is 1. The van der Waals surface area contributed by atoms with E-state index in [9.17, 15) is 4.79 Å². The summed E-state index contributed by atoms with van der Waals surface area (Å²) in [7, 11) is 2.16. The number of benzene rings is 1. The van der Waals surface area contributed by atoms with Crippen molar-refractivity contribution in [1.82, 2.24) is 15.1 Å². The lowest BCUT2D eigenvalue weighted by Crippen LogP contribution is -2.48. The lowest BCUT2D eigenvalue weighted by molar-refractivity contribution is -0.117. The lowest BCUT2D eigenvalue weighted by Gasteiger charge is -2.37. The zero-order chi connectivity index (χ0) is 18.4. The van der Waals surface area contributed by atoms with Crippen molar-refractivity contribution in [3.63, 3.8) is 0 Å². The minimum absolute atomic E-state index is 0.00420. The highest BCUT2D eigenvalue weighted by Gasteiger charge is 2.25. The Labute approximate surface area is 160 Å². The van der Waals surface area contributed by atoms with Gasteiger partial charge in [0.25, 0.3) is 0 Å². The van der Waals surface area contributed by atoms with E-state index in [0.717, 1.165) is 37.3 Å².